The third-order valence-corrected chi connectivity index (χ3v) is 4.44. The van der Waals surface area contributed by atoms with Gasteiger partial charge < -0.3 is 10.5 Å². The summed E-state index contributed by atoms with van der Waals surface area (Å²) in [4.78, 5) is 5.55. The number of hydrogen-bond acceptors (Lipinski definition) is 4. The van der Waals surface area contributed by atoms with E-state index >= 15 is 0 Å². The van der Waals surface area contributed by atoms with Crippen LogP contribution in [0.2, 0.25) is 0 Å². The lowest BCUT2D eigenvalue weighted by atomic mass is 9.99. The van der Waals surface area contributed by atoms with Crippen LogP contribution in [0.5, 0.6) is 0 Å². The molecule has 0 saturated carbocycles. The molecule has 0 amide bonds. The molecule has 20 heavy (non-hydrogen) atoms. The summed E-state index contributed by atoms with van der Waals surface area (Å²) in [5, 5.41) is 0. The monoisotopic (exact) mass is 290 g/mol. The molecule has 3 nitrogen and oxygen atoms in total. The topological polar surface area (TPSA) is 48.1 Å². The van der Waals surface area contributed by atoms with E-state index in [4.69, 9.17) is 10.5 Å². The minimum atomic E-state index is -0.0515. The van der Waals surface area contributed by atoms with Crippen molar-refractivity contribution in [1.29, 1.82) is 0 Å². The standard InChI is InChI=1S/C16H22N2OS/c1-11-6-4-5-7-14(11)16(12(2)17)19-9-8-15-13(3)18-10-20-15/h4-7,10,12,16H,8-9,17H2,1-3H3. The molecule has 2 N–H and O–H groups in total. The molecule has 2 atom stereocenters. The smallest absolute Gasteiger partial charge is 0.0975 e. The van der Waals surface area contributed by atoms with Gasteiger partial charge in [0.05, 0.1) is 23.9 Å². The van der Waals surface area contributed by atoms with E-state index in [0.29, 0.717) is 6.61 Å². The van der Waals surface area contributed by atoms with Gasteiger partial charge in [0.1, 0.15) is 0 Å². The van der Waals surface area contributed by atoms with Gasteiger partial charge in [0.2, 0.25) is 0 Å². The fraction of sp³-hybridized carbons (Fsp3) is 0.438. The van der Waals surface area contributed by atoms with Crippen LogP contribution in [0.15, 0.2) is 29.8 Å². The van der Waals surface area contributed by atoms with Gasteiger partial charge in [0.25, 0.3) is 0 Å². The minimum Gasteiger partial charge on any atom is -0.372 e. The second-order valence-electron chi connectivity index (χ2n) is 5.12. The number of ether oxygens (including phenoxy) is 1. The molecule has 2 unspecified atom stereocenters. The molecule has 0 bridgehead atoms. The van der Waals surface area contributed by atoms with Crippen LogP contribution in [0.1, 0.15) is 34.7 Å². The number of aryl methyl sites for hydroxylation is 2. The fourth-order valence-corrected chi connectivity index (χ4v) is 3.04. The zero-order valence-corrected chi connectivity index (χ0v) is 13.1. The van der Waals surface area contributed by atoms with Gasteiger partial charge >= 0.3 is 0 Å². The summed E-state index contributed by atoms with van der Waals surface area (Å²) in [5.74, 6) is 0. The van der Waals surface area contributed by atoms with Crippen molar-refractivity contribution in [3.63, 3.8) is 0 Å². The van der Waals surface area contributed by atoms with E-state index < -0.39 is 0 Å². The SMILES string of the molecule is Cc1ccccc1C(OCCc1scnc1C)C(C)N. The summed E-state index contributed by atoms with van der Waals surface area (Å²) in [7, 11) is 0. The van der Waals surface area contributed by atoms with E-state index in [2.05, 4.69) is 24.0 Å². The third kappa shape index (κ3) is 3.66. The lowest BCUT2D eigenvalue weighted by Gasteiger charge is -2.23. The number of aromatic nitrogens is 1. The Bertz CT molecular complexity index is 551. The molecule has 0 spiro atoms. The van der Waals surface area contributed by atoms with Gasteiger partial charge in [-0.15, -0.1) is 11.3 Å². The minimum absolute atomic E-state index is 0.0290. The Balaban J connectivity index is 2.00. The van der Waals surface area contributed by atoms with E-state index in [1.165, 1.54) is 16.0 Å². The highest BCUT2D eigenvalue weighted by atomic mass is 32.1. The van der Waals surface area contributed by atoms with Crippen LogP contribution in [-0.4, -0.2) is 17.6 Å². The molecule has 2 rings (SSSR count). The van der Waals surface area contributed by atoms with Gasteiger partial charge in [-0.1, -0.05) is 24.3 Å². The Morgan fingerprint density at radius 1 is 1.30 bits per heavy atom. The van der Waals surface area contributed by atoms with E-state index in [1.54, 1.807) is 11.3 Å². The first-order valence-corrected chi connectivity index (χ1v) is 7.79. The van der Waals surface area contributed by atoms with E-state index in [9.17, 15) is 0 Å². The van der Waals surface area contributed by atoms with Crippen molar-refractivity contribution >= 4 is 11.3 Å². The average Bonchev–Trinajstić information content (AvgIpc) is 2.81. The molecule has 108 valence electrons. The average molecular weight is 290 g/mol. The molecular weight excluding hydrogens is 268 g/mol. The largest absolute Gasteiger partial charge is 0.372 e. The van der Waals surface area contributed by atoms with Crippen LogP contribution in [0.3, 0.4) is 0 Å². The van der Waals surface area contributed by atoms with Crippen molar-refractivity contribution in [3.05, 3.63) is 51.5 Å². The Hall–Kier alpha value is -1.23. The summed E-state index contributed by atoms with van der Waals surface area (Å²) in [6, 6.07) is 8.24. The zero-order chi connectivity index (χ0) is 14.5. The molecule has 0 aliphatic heterocycles. The molecule has 1 aromatic heterocycles. The molecule has 4 heteroatoms. The summed E-state index contributed by atoms with van der Waals surface area (Å²) in [6.07, 6.45) is 0.843. The van der Waals surface area contributed by atoms with Crippen molar-refractivity contribution in [2.24, 2.45) is 5.73 Å². The Morgan fingerprint density at radius 3 is 2.65 bits per heavy atom. The van der Waals surface area contributed by atoms with Crippen molar-refractivity contribution < 1.29 is 4.74 Å². The number of nitrogens with two attached hydrogens (primary N) is 1. The molecule has 0 radical (unpaired) electrons. The number of benzene rings is 1. The maximum Gasteiger partial charge on any atom is 0.0975 e. The lowest BCUT2D eigenvalue weighted by Crippen LogP contribution is -2.28. The Morgan fingerprint density at radius 2 is 2.05 bits per heavy atom. The van der Waals surface area contributed by atoms with Crippen LogP contribution in [-0.2, 0) is 11.2 Å². The maximum atomic E-state index is 6.09. The molecule has 1 heterocycles. The highest BCUT2D eigenvalue weighted by Crippen LogP contribution is 2.24. The summed E-state index contributed by atoms with van der Waals surface area (Å²) in [6.45, 7) is 6.80. The third-order valence-electron chi connectivity index (χ3n) is 3.44. The number of hydrogen-bond donors (Lipinski definition) is 1. The van der Waals surface area contributed by atoms with E-state index in [0.717, 1.165) is 12.1 Å². The highest BCUT2D eigenvalue weighted by molar-refractivity contribution is 7.09. The predicted molar refractivity (Wildman–Crippen MR) is 84.1 cm³/mol. The van der Waals surface area contributed by atoms with E-state index in [-0.39, 0.29) is 12.1 Å². The van der Waals surface area contributed by atoms with Gasteiger partial charge in [-0.3, -0.25) is 0 Å². The quantitative estimate of drug-likeness (QED) is 0.887. The van der Waals surface area contributed by atoms with E-state index in [1.807, 2.05) is 31.5 Å². The van der Waals surface area contributed by atoms with Gasteiger partial charge in [-0.25, -0.2) is 4.98 Å². The van der Waals surface area contributed by atoms with Crippen LogP contribution >= 0.6 is 11.3 Å². The first-order valence-electron chi connectivity index (χ1n) is 6.91. The zero-order valence-electron chi connectivity index (χ0n) is 12.3. The van der Waals surface area contributed by atoms with Gasteiger partial charge in [-0.05, 0) is 31.9 Å². The predicted octanol–water partition coefficient (Wildman–Crippen LogP) is 3.41. The lowest BCUT2D eigenvalue weighted by molar-refractivity contribution is 0.0401. The second kappa shape index (κ2) is 6.97. The summed E-state index contributed by atoms with van der Waals surface area (Å²) >= 11 is 1.69. The first-order chi connectivity index (χ1) is 9.59. The number of rotatable bonds is 6. The number of thiazole rings is 1. The Kier molecular flexibility index (Phi) is 5.29. The second-order valence-corrected chi connectivity index (χ2v) is 6.06. The van der Waals surface area contributed by atoms with Crippen molar-refractivity contribution in [1.82, 2.24) is 4.98 Å². The van der Waals surface area contributed by atoms with Gasteiger partial charge in [0, 0.05) is 17.3 Å². The molecule has 0 saturated heterocycles. The highest BCUT2D eigenvalue weighted by Gasteiger charge is 2.18. The van der Waals surface area contributed by atoms with Crippen LogP contribution in [0.4, 0.5) is 0 Å². The van der Waals surface area contributed by atoms with Crippen LogP contribution in [0, 0.1) is 13.8 Å². The molecule has 0 aliphatic rings. The van der Waals surface area contributed by atoms with Crippen molar-refractivity contribution in [2.75, 3.05) is 6.61 Å². The Labute approximate surface area is 124 Å². The van der Waals surface area contributed by atoms with Crippen LogP contribution < -0.4 is 5.73 Å². The normalized spacial score (nSPS) is 14.2. The number of nitrogens with zero attached hydrogens (tertiary/aromatic N) is 1. The van der Waals surface area contributed by atoms with Crippen molar-refractivity contribution in [3.8, 4) is 0 Å². The summed E-state index contributed by atoms with van der Waals surface area (Å²) in [5.41, 5.74) is 11.5. The fourth-order valence-electron chi connectivity index (χ4n) is 2.28. The molecule has 0 aliphatic carbocycles. The maximum absolute atomic E-state index is 6.09. The first kappa shape index (κ1) is 15.2. The molecule has 2 aromatic rings. The van der Waals surface area contributed by atoms with Crippen molar-refractivity contribution in [2.45, 2.75) is 39.3 Å². The van der Waals surface area contributed by atoms with Crippen LogP contribution in [0.25, 0.3) is 0 Å². The van der Waals surface area contributed by atoms with Gasteiger partial charge in [-0.2, -0.15) is 0 Å². The molecule has 1 aromatic carbocycles. The summed E-state index contributed by atoms with van der Waals surface area (Å²) < 4.78 is 6.05. The molecule has 0 fully saturated rings. The molecular formula is C16H22N2OS. The van der Waals surface area contributed by atoms with Gasteiger partial charge in [0.15, 0.2) is 0 Å².